The molecule has 6 heteroatoms. The highest BCUT2D eigenvalue weighted by atomic mass is 16.6. The molecule has 0 aliphatic carbocycles. The van der Waals surface area contributed by atoms with Gasteiger partial charge in [-0.15, -0.1) is 0 Å². The van der Waals surface area contributed by atoms with Gasteiger partial charge in [-0.25, -0.2) is 0 Å². The van der Waals surface area contributed by atoms with Crippen LogP contribution in [0.5, 0.6) is 0 Å². The van der Waals surface area contributed by atoms with Crippen molar-refractivity contribution in [3.63, 3.8) is 0 Å². The molecule has 70 heavy (non-hydrogen) atoms. The third kappa shape index (κ3) is 55.5. The van der Waals surface area contributed by atoms with E-state index in [0.29, 0.717) is 19.3 Å². The number of unbranched alkanes of at least 4 members (excludes halogenated alkanes) is 30. The van der Waals surface area contributed by atoms with E-state index >= 15 is 0 Å². The van der Waals surface area contributed by atoms with Crippen LogP contribution in [0.25, 0.3) is 0 Å². The Balaban J connectivity index is 4.50. The van der Waals surface area contributed by atoms with Crippen LogP contribution in [0.2, 0.25) is 0 Å². The summed E-state index contributed by atoms with van der Waals surface area (Å²) in [7, 11) is 0. The van der Waals surface area contributed by atoms with Gasteiger partial charge >= 0.3 is 17.9 Å². The van der Waals surface area contributed by atoms with E-state index in [4.69, 9.17) is 14.2 Å². The van der Waals surface area contributed by atoms with Crippen LogP contribution in [0.1, 0.15) is 284 Å². The van der Waals surface area contributed by atoms with Crippen molar-refractivity contribution in [2.45, 2.75) is 290 Å². The zero-order valence-corrected chi connectivity index (χ0v) is 46.0. The summed E-state index contributed by atoms with van der Waals surface area (Å²) >= 11 is 0. The number of rotatable bonds is 53. The van der Waals surface area contributed by atoms with Crippen molar-refractivity contribution in [3.05, 3.63) is 85.1 Å². The standard InChI is InChI=1S/C64H110O6/c1-4-7-10-13-16-19-22-25-28-31-34-36-39-42-45-48-51-54-57-63(66)69-60-61(70-64(67)58-55-52-49-46-43-40-37-33-30-27-24-21-18-15-12-9-6-3)59-68-62(65)56-53-50-47-44-41-38-35-32-29-26-23-20-17-14-11-8-5-2/h22,25-31,34,36-37,40,46,49,61H,4-21,23-24,32-33,35,38-39,41-45,47-48,50-60H2,1-3H3/b25-22-,29-26-,30-27-,31-28-,36-34-,40-37-,49-46-. The van der Waals surface area contributed by atoms with Gasteiger partial charge in [0.05, 0.1) is 0 Å². The van der Waals surface area contributed by atoms with E-state index in [1.807, 2.05) is 0 Å². The number of allylic oxidation sites excluding steroid dienone is 14. The fraction of sp³-hybridized carbons (Fsp3) is 0.734. The molecule has 0 aliphatic rings. The number of carbonyl (C=O) groups is 3. The number of esters is 3. The lowest BCUT2D eigenvalue weighted by atomic mass is 10.1. The van der Waals surface area contributed by atoms with E-state index in [1.54, 1.807) is 0 Å². The molecular formula is C64H110O6. The summed E-state index contributed by atoms with van der Waals surface area (Å²) in [5.74, 6) is -0.976. The van der Waals surface area contributed by atoms with Crippen molar-refractivity contribution in [3.8, 4) is 0 Å². The van der Waals surface area contributed by atoms with Gasteiger partial charge in [-0.2, -0.15) is 0 Å². The molecule has 0 N–H and O–H groups in total. The van der Waals surface area contributed by atoms with Crippen molar-refractivity contribution in [1.82, 2.24) is 0 Å². The van der Waals surface area contributed by atoms with Crippen molar-refractivity contribution >= 4 is 17.9 Å². The highest BCUT2D eigenvalue weighted by molar-refractivity contribution is 5.71. The first-order chi connectivity index (χ1) is 34.5. The van der Waals surface area contributed by atoms with Gasteiger partial charge in [0, 0.05) is 19.3 Å². The molecule has 1 unspecified atom stereocenters. The van der Waals surface area contributed by atoms with E-state index in [0.717, 1.165) is 83.5 Å². The fourth-order valence-corrected chi connectivity index (χ4v) is 8.16. The predicted molar refractivity (Wildman–Crippen MR) is 302 cm³/mol. The van der Waals surface area contributed by atoms with E-state index in [-0.39, 0.29) is 37.5 Å². The number of carbonyl (C=O) groups excluding carboxylic acids is 3. The summed E-state index contributed by atoms with van der Waals surface area (Å²) in [5, 5.41) is 0. The predicted octanol–water partition coefficient (Wildman–Crippen LogP) is 19.9. The van der Waals surface area contributed by atoms with Crippen molar-refractivity contribution in [2.75, 3.05) is 13.2 Å². The lowest BCUT2D eigenvalue weighted by Gasteiger charge is -2.18. The number of hydrogen-bond donors (Lipinski definition) is 0. The first kappa shape index (κ1) is 66.6. The lowest BCUT2D eigenvalue weighted by Crippen LogP contribution is -2.30. The minimum Gasteiger partial charge on any atom is -0.462 e. The summed E-state index contributed by atoms with van der Waals surface area (Å²) in [5.41, 5.74) is 0. The molecule has 402 valence electrons. The van der Waals surface area contributed by atoms with Crippen LogP contribution in [-0.2, 0) is 28.6 Å². The summed E-state index contributed by atoms with van der Waals surface area (Å²) in [6.45, 7) is 6.57. The van der Waals surface area contributed by atoms with E-state index < -0.39 is 6.10 Å². The summed E-state index contributed by atoms with van der Waals surface area (Å²) in [6, 6.07) is 0. The molecule has 6 nitrogen and oxygen atoms in total. The Labute approximate surface area is 433 Å². The Hall–Kier alpha value is -3.41. The molecule has 0 fully saturated rings. The molecule has 0 bridgehead atoms. The molecule has 0 spiro atoms. The van der Waals surface area contributed by atoms with Gasteiger partial charge in [-0.3, -0.25) is 14.4 Å². The highest BCUT2D eigenvalue weighted by Crippen LogP contribution is 2.14. The first-order valence-corrected chi connectivity index (χ1v) is 29.6. The van der Waals surface area contributed by atoms with Gasteiger partial charge in [-0.1, -0.05) is 247 Å². The van der Waals surface area contributed by atoms with Crippen LogP contribution < -0.4 is 0 Å². The third-order valence-electron chi connectivity index (χ3n) is 12.7. The van der Waals surface area contributed by atoms with Crippen LogP contribution in [0, 0.1) is 0 Å². The third-order valence-corrected chi connectivity index (χ3v) is 12.7. The number of hydrogen-bond acceptors (Lipinski definition) is 6. The normalized spacial score (nSPS) is 12.7. The second kappa shape index (κ2) is 58.2. The van der Waals surface area contributed by atoms with Crippen LogP contribution in [0.4, 0.5) is 0 Å². The second-order valence-electron chi connectivity index (χ2n) is 19.6. The van der Waals surface area contributed by atoms with E-state index in [2.05, 4.69) is 106 Å². The molecule has 0 aromatic rings. The van der Waals surface area contributed by atoms with Gasteiger partial charge < -0.3 is 14.2 Å². The van der Waals surface area contributed by atoms with Crippen LogP contribution in [0.3, 0.4) is 0 Å². The SMILES string of the molecule is CCCCCCC\C=C/C=C\C=C/CCCCCCCC(=O)OCC(COC(=O)CCCCCCCCC/C=C\CCCCCCCC)OC(=O)CCC/C=C\C/C=C\C/C=C\CCCCCCCC. The molecular weight excluding hydrogens is 865 g/mol. The molecule has 0 aromatic heterocycles. The zero-order chi connectivity index (χ0) is 50.7. The second-order valence-corrected chi connectivity index (χ2v) is 19.6. The van der Waals surface area contributed by atoms with Crippen LogP contribution in [0.15, 0.2) is 85.1 Å². The Morgan fingerprint density at radius 1 is 0.300 bits per heavy atom. The zero-order valence-electron chi connectivity index (χ0n) is 46.0. The average Bonchev–Trinajstić information content (AvgIpc) is 3.36. The molecule has 0 saturated heterocycles. The van der Waals surface area contributed by atoms with Crippen LogP contribution in [-0.4, -0.2) is 37.2 Å². The molecule has 0 amide bonds. The summed E-state index contributed by atoms with van der Waals surface area (Å²) in [4.78, 5) is 38.2. The van der Waals surface area contributed by atoms with Crippen LogP contribution >= 0.6 is 0 Å². The average molecular weight is 976 g/mol. The van der Waals surface area contributed by atoms with Gasteiger partial charge in [0.1, 0.15) is 13.2 Å². The van der Waals surface area contributed by atoms with Gasteiger partial charge in [0.15, 0.2) is 6.10 Å². The minimum atomic E-state index is -0.814. The molecule has 0 radical (unpaired) electrons. The molecule has 0 rings (SSSR count). The topological polar surface area (TPSA) is 78.9 Å². The molecule has 0 heterocycles. The summed E-state index contributed by atoms with van der Waals surface area (Å²) in [6.07, 6.45) is 75.7. The fourth-order valence-electron chi connectivity index (χ4n) is 8.16. The molecule has 0 aliphatic heterocycles. The van der Waals surface area contributed by atoms with Crippen molar-refractivity contribution in [1.29, 1.82) is 0 Å². The maximum Gasteiger partial charge on any atom is 0.306 e. The van der Waals surface area contributed by atoms with Gasteiger partial charge in [-0.05, 0) is 103 Å². The first-order valence-electron chi connectivity index (χ1n) is 29.6. The Bertz CT molecular complexity index is 1350. The summed E-state index contributed by atoms with van der Waals surface area (Å²) < 4.78 is 16.8. The largest absolute Gasteiger partial charge is 0.462 e. The minimum absolute atomic E-state index is 0.105. The Kier molecular flexibility index (Phi) is 55.3. The lowest BCUT2D eigenvalue weighted by molar-refractivity contribution is -0.167. The van der Waals surface area contributed by atoms with Crippen molar-refractivity contribution in [2.24, 2.45) is 0 Å². The maximum absolute atomic E-state index is 12.8. The molecule has 0 saturated carbocycles. The van der Waals surface area contributed by atoms with Crippen molar-refractivity contribution < 1.29 is 28.6 Å². The highest BCUT2D eigenvalue weighted by Gasteiger charge is 2.19. The van der Waals surface area contributed by atoms with Gasteiger partial charge in [0.2, 0.25) is 0 Å². The maximum atomic E-state index is 12.8. The monoisotopic (exact) mass is 975 g/mol. The molecule has 0 aromatic carbocycles. The van der Waals surface area contributed by atoms with Gasteiger partial charge in [0.25, 0.3) is 0 Å². The smallest absolute Gasteiger partial charge is 0.306 e. The van der Waals surface area contributed by atoms with E-state index in [9.17, 15) is 14.4 Å². The Morgan fingerprint density at radius 3 is 0.971 bits per heavy atom. The molecule has 1 atom stereocenters. The number of ether oxygens (including phenoxy) is 3. The van der Waals surface area contributed by atoms with E-state index in [1.165, 1.54) is 154 Å². The Morgan fingerprint density at radius 2 is 0.586 bits per heavy atom. The quantitative estimate of drug-likeness (QED) is 0.0199.